The van der Waals surface area contributed by atoms with Crippen LogP contribution in [0.2, 0.25) is 0 Å². The second kappa shape index (κ2) is 6.05. The molecule has 0 aliphatic carbocycles. The zero-order chi connectivity index (χ0) is 15.6. The third kappa shape index (κ3) is 3.46. The van der Waals surface area contributed by atoms with Crippen LogP contribution in [0.4, 0.5) is 5.69 Å². The topological polar surface area (TPSA) is 79.3 Å². The van der Waals surface area contributed by atoms with E-state index in [9.17, 15) is 9.59 Å². The summed E-state index contributed by atoms with van der Waals surface area (Å²) in [7, 11) is 0. The van der Waals surface area contributed by atoms with E-state index in [-0.39, 0.29) is 17.4 Å². The Balaban J connectivity index is 2.19. The second-order valence-electron chi connectivity index (χ2n) is 5.01. The van der Waals surface area contributed by atoms with Gasteiger partial charge in [-0.3, -0.25) is 4.79 Å². The van der Waals surface area contributed by atoms with Crippen LogP contribution >= 0.6 is 11.3 Å². The molecule has 0 atom stereocenters. The normalized spacial score (nSPS) is 10.7. The average molecular weight is 304 g/mol. The molecule has 1 aromatic heterocycles. The SMILES string of the molecule is Cc1ccc(NC(=O)c2csc(C(C)C)n2)cc1C(=O)O. The largest absolute Gasteiger partial charge is 0.478 e. The molecule has 21 heavy (non-hydrogen) atoms. The van der Waals surface area contributed by atoms with Gasteiger partial charge >= 0.3 is 5.97 Å². The van der Waals surface area contributed by atoms with E-state index in [2.05, 4.69) is 10.3 Å². The molecule has 0 radical (unpaired) electrons. The predicted octanol–water partition coefficient (Wildman–Crippen LogP) is 3.53. The number of aryl methyl sites for hydroxylation is 1. The van der Waals surface area contributed by atoms with Crippen LogP contribution in [-0.4, -0.2) is 22.0 Å². The van der Waals surface area contributed by atoms with Crippen LogP contribution in [0.3, 0.4) is 0 Å². The number of thiazole rings is 1. The highest BCUT2D eigenvalue weighted by Crippen LogP contribution is 2.21. The summed E-state index contributed by atoms with van der Waals surface area (Å²) in [4.78, 5) is 27.5. The van der Waals surface area contributed by atoms with Gasteiger partial charge in [0.15, 0.2) is 0 Å². The Morgan fingerprint density at radius 2 is 2.05 bits per heavy atom. The van der Waals surface area contributed by atoms with Gasteiger partial charge in [0.05, 0.1) is 10.6 Å². The highest BCUT2D eigenvalue weighted by molar-refractivity contribution is 7.09. The molecule has 6 heteroatoms. The Kier molecular flexibility index (Phi) is 4.37. The third-order valence-electron chi connectivity index (χ3n) is 2.97. The van der Waals surface area contributed by atoms with Crippen LogP contribution in [0.5, 0.6) is 0 Å². The molecule has 0 bridgehead atoms. The van der Waals surface area contributed by atoms with Crippen molar-refractivity contribution in [2.45, 2.75) is 26.7 Å². The van der Waals surface area contributed by atoms with Crippen molar-refractivity contribution in [3.05, 3.63) is 45.4 Å². The van der Waals surface area contributed by atoms with E-state index in [0.29, 0.717) is 16.9 Å². The second-order valence-corrected chi connectivity index (χ2v) is 5.90. The van der Waals surface area contributed by atoms with Crippen LogP contribution in [0.25, 0.3) is 0 Å². The quantitative estimate of drug-likeness (QED) is 0.905. The van der Waals surface area contributed by atoms with Crippen LogP contribution in [0.15, 0.2) is 23.6 Å². The van der Waals surface area contributed by atoms with Crippen molar-refractivity contribution < 1.29 is 14.7 Å². The number of carbonyl (C=O) groups excluding carboxylic acids is 1. The first-order valence-corrected chi connectivity index (χ1v) is 7.37. The third-order valence-corrected chi connectivity index (χ3v) is 4.12. The molecular weight excluding hydrogens is 288 g/mol. The summed E-state index contributed by atoms with van der Waals surface area (Å²) in [5.41, 5.74) is 1.62. The van der Waals surface area contributed by atoms with Crippen LogP contribution in [0, 0.1) is 6.92 Å². The van der Waals surface area contributed by atoms with Crippen molar-refractivity contribution in [2.24, 2.45) is 0 Å². The molecule has 1 heterocycles. The molecule has 0 saturated carbocycles. The minimum atomic E-state index is -1.01. The van der Waals surface area contributed by atoms with E-state index >= 15 is 0 Å². The van der Waals surface area contributed by atoms with Gasteiger partial charge in [0, 0.05) is 17.0 Å². The van der Waals surface area contributed by atoms with Crippen molar-refractivity contribution in [1.29, 1.82) is 0 Å². The Morgan fingerprint density at radius 1 is 1.33 bits per heavy atom. The van der Waals surface area contributed by atoms with Gasteiger partial charge in [-0.25, -0.2) is 9.78 Å². The predicted molar refractivity (Wildman–Crippen MR) is 82.3 cm³/mol. The number of nitrogens with zero attached hydrogens (tertiary/aromatic N) is 1. The van der Waals surface area contributed by atoms with E-state index in [1.165, 1.54) is 17.4 Å². The van der Waals surface area contributed by atoms with Crippen molar-refractivity contribution in [1.82, 2.24) is 4.98 Å². The molecule has 0 fully saturated rings. The summed E-state index contributed by atoms with van der Waals surface area (Å²) in [6.07, 6.45) is 0. The fourth-order valence-corrected chi connectivity index (χ4v) is 2.60. The minimum absolute atomic E-state index is 0.175. The van der Waals surface area contributed by atoms with Crippen molar-refractivity contribution in [2.75, 3.05) is 5.32 Å². The fraction of sp³-hybridized carbons (Fsp3) is 0.267. The van der Waals surface area contributed by atoms with Gasteiger partial charge in [0.2, 0.25) is 0 Å². The summed E-state index contributed by atoms with van der Waals surface area (Å²) < 4.78 is 0. The van der Waals surface area contributed by atoms with Gasteiger partial charge in [-0.15, -0.1) is 11.3 Å². The number of nitrogens with one attached hydrogen (secondary N) is 1. The first-order valence-electron chi connectivity index (χ1n) is 6.49. The van der Waals surface area contributed by atoms with E-state index in [0.717, 1.165) is 5.01 Å². The lowest BCUT2D eigenvalue weighted by atomic mass is 10.1. The molecular formula is C15H16N2O3S. The molecule has 0 aliphatic rings. The lowest BCUT2D eigenvalue weighted by molar-refractivity contribution is 0.0695. The van der Waals surface area contributed by atoms with Gasteiger partial charge in [-0.1, -0.05) is 19.9 Å². The molecule has 110 valence electrons. The number of carboxylic acid groups (broad SMARTS) is 1. The molecule has 2 aromatic rings. The number of benzene rings is 1. The molecule has 1 amide bonds. The van der Waals surface area contributed by atoms with Crippen molar-refractivity contribution in [3.8, 4) is 0 Å². The van der Waals surface area contributed by atoms with Crippen molar-refractivity contribution >= 4 is 28.9 Å². The van der Waals surface area contributed by atoms with Crippen LogP contribution in [-0.2, 0) is 0 Å². The lowest BCUT2D eigenvalue weighted by Crippen LogP contribution is -2.13. The number of rotatable bonds is 4. The Labute approximate surface area is 126 Å². The zero-order valence-corrected chi connectivity index (χ0v) is 12.8. The molecule has 0 spiro atoms. The number of carboxylic acids is 1. The minimum Gasteiger partial charge on any atom is -0.478 e. The van der Waals surface area contributed by atoms with Gasteiger partial charge in [-0.05, 0) is 24.6 Å². The van der Waals surface area contributed by atoms with Crippen LogP contribution in [0.1, 0.15) is 51.2 Å². The van der Waals surface area contributed by atoms with Crippen LogP contribution < -0.4 is 5.32 Å². The number of aromatic carboxylic acids is 1. The van der Waals surface area contributed by atoms with Gasteiger partial charge in [0.1, 0.15) is 5.69 Å². The summed E-state index contributed by atoms with van der Waals surface area (Å²) >= 11 is 1.44. The van der Waals surface area contributed by atoms with E-state index in [1.54, 1.807) is 24.4 Å². The molecule has 2 rings (SSSR count). The average Bonchev–Trinajstić information content (AvgIpc) is 2.90. The summed E-state index contributed by atoms with van der Waals surface area (Å²) in [5, 5.41) is 14.4. The number of anilines is 1. The van der Waals surface area contributed by atoms with E-state index in [1.807, 2.05) is 13.8 Å². The molecule has 0 saturated heterocycles. The molecule has 2 N–H and O–H groups in total. The highest BCUT2D eigenvalue weighted by atomic mass is 32.1. The number of hydrogen-bond acceptors (Lipinski definition) is 4. The van der Waals surface area contributed by atoms with Gasteiger partial charge < -0.3 is 10.4 Å². The summed E-state index contributed by atoms with van der Waals surface area (Å²) in [6, 6.07) is 4.79. The Morgan fingerprint density at radius 3 is 2.62 bits per heavy atom. The van der Waals surface area contributed by atoms with Gasteiger partial charge in [0.25, 0.3) is 5.91 Å². The molecule has 1 aromatic carbocycles. The Bertz CT molecular complexity index is 692. The fourth-order valence-electron chi connectivity index (χ4n) is 1.78. The maximum atomic E-state index is 12.1. The smallest absolute Gasteiger partial charge is 0.336 e. The summed E-state index contributed by atoms with van der Waals surface area (Å²) in [5.74, 6) is -1.08. The molecule has 5 nitrogen and oxygen atoms in total. The Hall–Kier alpha value is -2.21. The standard InChI is InChI=1S/C15H16N2O3S/c1-8(2)14-17-12(7-21-14)13(18)16-10-5-4-9(3)11(6-10)15(19)20/h4-8H,1-3H3,(H,16,18)(H,19,20). The first-order chi connectivity index (χ1) is 9.88. The first kappa shape index (κ1) is 15.2. The number of hydrogen-bond donors (Lipinski definition) is 2. The maximum Gasteiger partial charge on any atom is 0.336 e. The van der Waals surface area contributed by atoms with Gasteiger partial charge in [-0.2, -0.15) is 0 Å². The number of carbonyl (C=O) groups is 2. The number of aromatic nitrogens is 1. The van der Waals surface area contributed by atoms with E-state index in [4.69, 9.17) is 5.11 Å². The molecule has 0 unspecified atom stereocenters. The number of amides is 1. The zero-order valence-electron chi connectivity index (χ0n) is 12.0. The highest BCUT2D eigenvalue weighted by Gasteiger charge is 2.14. The monoisotopic (exact) mass is 304 g/mol. The van der Waals surface area contributed by atoms with E-state index < -0.39 is 5.97 Å². The summed E-state index contributed by atoms with van der Waals surface area (Å²) in [6.45, 7) is 5.74. The van der Waals surface area contributed by atoms with Crippen molar-refractivity contribution in [3.63, 3.8) is 0 Å². The lowest BCUT2D eigenvalue weighted by Gasteiger charge is -2.06. The molecule has 0 aliphatic heterocycles. The maximum absolute atomic E-state index is 12.1.